The van der Waals surface area contributed by atoms with Gasteiger partial charge >= 0.3 is 0 Å². The largest absolute Gasteiger partial charge is 0.355 e. The zero-order valence-corrected chi connectivity index (χ0v) is 16.9. The van der Waals surface area contributed by atoms with Crippen LogP contribution in [0.25, 0.3) is 0 Å². The third-order valence-corrected chi connectivity index (χ3v) is 4.75. The highest BCUT2D eigenvalue weighted by Crippen LogP contribution is 2.09. The zero-order chi connectivity index (χ0) is 19.5. The van der Waals surface area contributed by atoms with Crippen molar-refractivity contribution in [2.45, 2.75) is 52.1 Å². The van der Waals surface area contributed by atoms with Crippen LogP contribution in [0.5, 0.6) is 0 Å². The van der Waals surface area contributed by atoms with Gasteiger partial charge in [-0.15, -0.1) is 10.2 Å². The third kappa shape index (κ3) is 7.16. The lowest BCUT2D eigenvalue weighted by atomic mass is 10.1. The van der Waals surface area contributed by atoms with Gasteiger partial charge in [0.25, 0.3) is 0 Å². The van der Waals surface area contributed by atoms with E-state index in [4.69, 9.17) is 0 Å². The van der Waals surface area contributed by atoms with Crippen molar-refractivity contribution >= 4 is 11.9 Å². The van der Waals surface area contributed by atoms with E-state index in [2.05, 4.69) is 54.5 Å². The molecular formula is C18H34N8O. The fourth-order valence-corrected chi connectivity index (χ4v) is 3.18. The summed E-state index contributed by atoms with van der Waals surface area (Å²) in [6.45, 7) is 8.82. The Labute approximate surface area is 162 Å². The number of carbonyl (C=O) groups excluding carboxylic acids is 1. The molecule has 0 aromatic carbocycles. The number of aryl methyl sites for hydroxylation is 1. The smallest absolute Gasteiger partial charge is 0.234 e. The molecule has 0 unspecified atom stereocenters. The number of piperidine rings is 1. The van der Waals surface area contributed by atoms with Crippen LogP contribution in [0.2, 0.25) is 0 Å². The van der Waals surface area contributed by atoms with Crippen molar-refractivity contribution in [2.24, 2.45) is 4.99 Å². The molecule has 0 aliphatic carbocycles. The maximum absolute atomic E-state index is 11.8. The van der Waals surface area contributed by atoms with E-state index < -0.39 is 0 Å². The van der Waals surface area contributed by atoms with E-state index in [0.717, 1.165) is 70.2 Å². The van der Waals surface area contributed by atoms with Crippen LogP contribution in [0, 0.1) is 0 Å². The average Bonchev–Trinajstić information content (AvgIpc) is 3.14. The number of nitrogens with one attached hydrogen (secondary N) is 3. The number of hydrogen-bond acceptors (Lipinski definition) is 5. The van der Waals surface area contributed by atoms with Crippen LogP contribution in [0.15, 0.2) is 11.3 Å². The molecule has 1 fully saturated rings. The van der Waals surface area contributed by atoms with Crippen molar-refractivity contribution in [3.63, 3.8) is 0 Å². The van der Waals surface area contributed by atoms with Crippen molar-refractivity contribution < 1.29 is 4.79 Å². The van der Waals surface area contributed by atoms with Gasteiger partial charge in [0.05, 0.1) is 6.54 Å². The summed E-state index contributed by atoms with van der Waals surface area (Å²) >= 11 is 0. The van der Waals surface area contributed by atoms with Crippen molar-refractivity contribution in [2.75, 3.05) is 39.8 Å². The molecule has 0 atom stereocenters. The van der Waals surface area contributed by atoms with E-state index >= 15 is 0 Å². The van der Waals surface area contributed by atoms with Gasteiger partial charge in [-0.1, -0.05) is 13.8 Å². The van der Waals surface area contributed by atoms with Crippen LogP contribution in [-0.2, 0) is 17.8 Å². The van der Waals surface area contributed by atoms with E-state index in [1.807, 2.05) is 0 Å². The first kappa shape index (κ1) is 21.1. The number of hydrogen-bond donors (Lipinski definition) is 3. The molecule has 27 heavy (non-hydrogen) atoms. The maximum atomic E-state index is 11.8. The molecule has 0 bridgehead atoms. The minimum Gasteiger partial charge on any atom is -0.355 e. The minimum atomic E-state index is 0.126. The number of likely N-dealkylation sites (tertiary alicyclic amines) is 1. The van der Waals surface area contributed by atoms with Gasteiger partial charge in [-0.25, -0.2) is 0 Å². The number of aromatic nitrogens is 3. The van der Waals surface area contributed by atoms with E-state index in [9.17, 15) is 4.79 Å². The molecule has 9 heteroatoms. The monoisotopic (exact) mass is 378 g/mol. The molecule has 3 N–H and O–H groups in total. The molecule has 0 spiro atoms. The van der Waals surface area contributed by atoms with E-state index in [1.54, 1.807) is 13.4 Å². The topological polar surface area (TPSA) is 99.5 Å². The molecule has 1 aromatic heterocycles. The third-order valence-electron chi connectivity index (χ3n) is 4.75. The summed E-state index contributed by atoms with van der Waals surface area (Å²) in [5.41, 5.74) is 0. The van der Waals surface area contributed by atoms with Crippen LogP contribution in [0.3, 0.4) is 0 Å². The van der Waals surface area contributed by atoms with Crippen LogP contribution in [0.4, 0.5) is 0 Å². The number of aliphatic imine (C=N–C) groups is 1. The Balaban J connectivity index is 1.66. The van der Waals surface area contributed by atoms with Gasteiger partial charge in [-0.2, -0.15) is 0 Å². The highest BCUT2D eigenvalue weighted by molar-refractivity contribution is 5.80. The summed E-state index contributed by atoms with van der Waals surface area (Å²) < 4.78 is 2.06. The molecule has 2 heterocycles. The SMILES string of the molecule is CCCNC(=O)CN1CCC(NC(=NC)NCCn2cnnc2CC)CC1. The average molecular weight is 379 g/mol. The molecule has 2 rings (SSSR count). The molecule has 9 nitrogen and oxygen atoms in total. The molecule has 1 aliphatic rings. The second-order valence-electron chi connectivity index (χ2n) is 6.84. The van der Waals surface area contributed by atoms with Crippen molar-refractivity contribution in [3.8, 4) is 0 Å². The van der Waals surface area contributed by atoms with E-state index in [0.29, 0.717) is 12.6 Å². The lowest BCUT2D eigenvalue weighted by Crippen LogP contribution is -2.50. The van der Waals surface area contributed by atoms with Crippen molar-refractivity contribution in [1.29, 1.82) is 0 Å². The normalized spacial score (nSPS) is 16.3. The quantitative estimate of drug-likeness (QED) is 0.413. The summed E-state index contributed by atoms with van der Waals surface area (Å²) in [4.78, 5) is 18.4. The second-order valence-corrected chi connectivity index (χ2v) is 6.84. The number of amides is 1. The molecule has 1 aliphatic heterocycles. The van der Waals surface area contributed by atoms with Gasteiger partial charge in [-0.3, -0.25) is 14.7 Å². The maximum Gasteiger partial charge on any atom is 0.234 e. The van der Waals surface area contributed by atoms with Crippen LogP contribution in [-0.4, -0.2) is 77.3 Å². The Kier molecular flexibility index (Phi) is 9.03. The molecular weight excluding hydrogens is 344 g/mol. The van der Waals surface area contributed by atoms with E-state index in [-0.39, 0.29) is 5.91 Å². The number of nitrogens with zero attached hydrogens (tertiary/aromatic N) is 5. The number of carbonyl (C=O) groups is 1. The Morgan fingerprint density at radius 2 is 2.04 bits per heavy atom. The predicted octanol–water partition coefficient (Wildman–Crippen LogP) is -0.00390. The summed E-state index contributed by atoms with van der Waals surface area (Å²) in [6.07, 6.45) is 5.63. The minimum absolute atomic E-state index is 0.126. The van der Waals surface area contributed by atoms with Gasteiger partial charge in [0.2, 0.25) is 5.91 Å². The lowest BCUT2D eigenvalue weighted by molar-refractivity contribution is -0.122. The Morgan fingerprint density at radius 1 is 1.26 bits per heavy atom. The fraction of sp³-hybridized carbons (Fsp3) is 0.778. The predicted molar refractivity (Wildman–Crippen MR) is 107 cm³/mol. The van der Waals surface area contributed by atoms with Gasteiger partial charge in [0.1, 0.15) is 12.2 Å². The van der Waals surface area contributed by atoms with Gasteiger partial charge in [-0.05, 0) is 19.3 Å². The fourth-order valence-electron chi connectivity index (χ4n) is 3.18. The lowest BCUT2D eigenvalue weighted by Gasteiger charge is -2.32. The standard InChI is InChI=1S/C18H34N8O/c1-4-8-20-17(27)13-25-10-6-15(7-11-25)23-18(19-3)21-9-12-26-14-22-24-16(26)5-2/h14-15H,4-13H2,1-3H3,(H,20,27)(H2,19,21,23). The molecule has 1 aromatic rings. The van der Waals surface area contributed by atoms with Crippen molar-refractivity contribution in [1.82, 2.24) is 35.6 Å². The second kappa shape index (κ2) is 11.5. The Hall–Kier alpha value is -2.16. The van der Waals surface area contributed by atoms with Crippen LogP contribution >= 0.6 is 0 Å². The first-order chi connectivity index (χ1) is 13.2. The summed E-state index contributed by atoms with van der Waals surface area (Å²) in [6, 6.07) is 0.382. The zero-order valence-electron chi connectivity index (χ0n) is 16.9. The first-order valence-electron chi connectivity index (χ1n) is 9.99. The van der Waals surface area contributed by atoms with Gasteiger partial charge < -0.3 is 20.5 Å². The van der Waals surface area contributed by atoms with E-state index in [1.165, 1.54) is 0 Å². The summed E-state index contributed by atoms with van der Waals surface area (Å²) in [5, 5.41) is 17.8. The highest BCUT2D eigenvalue weighted by Gasteiger charge is 2.21. The number of rotatable bonds is 9. The van der Waals surface area contributed by atoms with Crippen LogP contribution in [0.1, 0.15) is 38.9 Å². The van der Waals surface area contributed by atoms with Gasteiger partial charge in [0.15, 0.2) is 5.96 Å². The van der Waals surface area contributed by atoms with Crippen molar-refractivity contribution in [3.05, 3.63) is 12.2 Å². The molecule has 152 valence electrons. The Bertz CT molecular complexity index is 592. The summed E-state index contributed by atoms with van der Waals surface area (Å²) in [5.74, 6) is 1.94. The highest BCUT2D eigenvalue weighted by atomic mass is 16.2. The summed E-state index contributed by atoms with van der Waals surface area (Å²) in [7, 11) is 1.79. The van der Waals surface area contributed by atoms with Crippen LogP contribution < -0.4 is 16.0 Å². The molecule has 1 amide bonds. The Morgan fingerprint density at radius 3 is 2.70 bits per heavy atom. The molecule has 1 saturated heterocycles. The molecule has 0 saturated carbocycles. The first-order valence-corrected chi connectivity index (χ1v) is 9.99. The molecule has 0 radical (unpaired) electrons. The number of guanidine groups is 1. The van der Waals surface area contributed by atoms with Gasteiger partial charge in [0, 0.05) is 52.2 Å².